The fourth-order valence-electron chi connectivity index (χ4n) is 2.71. The number of aromatic nitrogens is 4. The molecule has 4 rings (SSSR count). The van der Waals surface area contributed by atoms with Crippen molar-refractivity contribution in [1.29, 1.82) is 0 Å². The maximum atomic E-state index is 13.5. The number of nitrogens with zero attached hydrogens (tertiary/aromatic N) is 4. The van der Waals surface area contributed by atoms with E-state index in [9.17, 15) is 17.2 Å². The smallest absolute Gasteiger partial charge is 0.207 e. The molecule has 10 heteroatoms. The van der Waals surface area contributed by atoms with Gasteiger partial charge in [0, 0.05) is 6.07 Å². The maximum absolute atomic E-state index is 13.5. The lowest BCUT2D eigenvalue weighted by Gasteiger charge is -2.08. The van der Waals surface area contributed by atoms with Gasteiger partial charge in [-0.1, -0.05) is 30.3 Å². The van der Waals surface area contributed by atoms with Crippen LogP contribution in [0, 0.1) is 11.6 Å². The summed E-state index contributed by atoms with van der Waals surface area (Å²) < 4.78 is 55.4. The van der Waals surface area contributed by atoms with Gasteiger partial charge in [0.15, 0.2) is 17.5 Å². The van der Waals surface area contributed by atoms with Gasteiger partial charge in [-0.2, -0.15) is 4.68 Å². The number of rotatable bonds is 5. The van der Waals surface area contributed by atoms with Gasteiger partial charge in [0.1, 0.15) is 0 Å². The van der Waals surface area contributed by atoms with Crippen molar-refractivity contribution >= 4 is 20.8 Å². The zero-order chi connectivity index (χ0) is 19.7. The van der Waals surface area contributed by atoms with Crippen LogP contribution in [0.5, 0.6) is 0 Å². The van der Waals surface area contributed by atoms with Crippen molar-refractivity contribution in [3.63, 3.8) is 0 Å². The first-order valence-corrected chi connectivity index (χ1v) is 9.63. The lowest BCUT2D eigenvalue weighted by atomic mass is 10.1. The molecule has 28 heavy (non-hydrogen) atoms. The SMILES string of the molecule is O=S(=O)(NCc1nnnn1-c1ccc(F)c(F)c1)c1ccc2ccccc2c1. The first-order chi connectivity index (χ1) is 13.4. The van der Waals surface area contributed by atoms with Crippen LogP contribution in [-0.4, -0.2) is 28.6 Å². The fourth-order valence-corrected chi connectivity index (χ4v) is 3.73. The topological polar surface area (TPSA) is 89.8 Å². The van der Waals surface area contributed by atoms with E-state index in [1.165, 1.54) is 12.1 Å². The molecule has 0 saturated heterocycles. The van der Waals surface area contributed by atoms with Crippen LogP contribution in [0.3, 0.4) is 0 Å². The molecule has 1 aromatic heterocycles. The zero-order valence-corrected chi connectivity index (χ0v) is 15.1. The van der Waals surface area contributed by atoms with Crippen molar-refractivity contribution in [2.24, 2.45) is 0 Å². The monoisotopic (exact) mass is 401 g/mol. The van der Waals surface area contributed by atoms with Crippen molar-refractivity contribution in [2.45, 2.75) is 11.4 Å². The molecule has 0 fully saturated rings. The van der Waals surface area contributed by atoms with Gasteiger partial charge in [0.2, 0.25) is 10.0 Å². The van der Waals surface area contributed by atoms with E-state index in [0.717, 1.165) is 27.6 Å². The summed E-state index contributed by atoms with van der Waals surface area (Å²) in [5.74, 6) is -1.94. The van der Waals surface area contributed by atoms with Gasteiger partial charge in [-0.05, 0) is 45.5 Å². The summed E-state index contributed by atoms with van der Waals surface area (Å²) in [7, 11) is -3.83. The standard InChI is InChI=1S/C18H13F2N5O2S/c19-16-8-6-14(10-17(16)20)25-18(22-23-24-25)11-21-28(26,27)15-7-5-12-3-1-2-4-13(12)9-15/h1-10,21H,11H2. The third kappa shape index (κ3) is 3.47. The van der Waals surface area contributed by atoms with Crippen LogP contribution in [0.25, 0.3) is 16.5 Å². The van der Waals surface area contributed by atoms with E-state index in [2.05, 4.69) is 20.2 Å². The largest absolute Gasteiger partial charge is 0.240 e. The molecule has 0 aliphatic heterocycles. The third-order valence-corrected chi connectivity index (χ3v) is 5.53. The van der Waals surface area contributed by atoms with E-state index < -0.39 is 21.7 Å². The highest BCUT2D eigenvalue weighted by Crippen LogP contribution is 2.19. The van der Waals surface area contributed by atoms with Gasteiger partial charge < -0.3 is 0 Å². The summed E-state index contributed by atoms with van der Waals surface area (Å²) in [6.45, 7) is -0.235. The van der Waals surface area contributed by atoms with E-state index in [4.69, 9.17) is 0 Å². The molecule has 1 heterocycles. The van der Waals surface area contributed by atoms with Crippen LogP contribution in [0.15, 0.2) is 65.6 Å². The average molecular weight is 401 g/mol. The Hall–Kier alpha value is -3.24. The minimum absolute atomic E-state index is 0.0954. The summed E-state index contributed by atoms with van der Waals surface area (Å²) in [5, 5.41) is 12.6. The van der Waals surface area contributed by atoms with E-state index in [1.54, 1.807) is 12.1 Å². The Morgan fingerprint density at radius 1 is 0.929 bits per heavy atom. The molecule has 0 aliphatic carbocycles. The molecule has 0 atom stereocenters. The number of sulfonamides is 1. The van der Waals surface area contributed by atoms with Crippen LogP contribution in [0.2, 0.25) is 0 Å². The molecule has 0 saturated carbocycles. The lowest BCUT2D eigenvalue weighted by Crippen LogP contribution is -2.25. The summed E-state index contributed by atoms with van der Waals surface area (Å²) >= 11 is 0. The minimum Gasteiger partial charge on any atom is -0.207 e. The quantitative estimate of drug-likeness (QED) is 0.555. The second-order valence-electron chi connectivity index (χ2n) is 5.94. The molecule has 0 amide bonds. The first-order valence-electron chi connectivity index (χ1n) is 8.15. The van der Waals surface area contributed by atoms with Crippen LogP contribution >= 0.6 is 0 Å². The lowest BCUT2D eigenvalue weighted by molar-refractivity contribution is 0.507. The molecule has 0 radical (unpaired) electrons. The maximum Gasteiger partial charge on any atom is 0.240 e. The van der Waals surface area contributed by atoms with Gasteiger partial charge >= 0.3 is 0 Å². The summed E-state index contributed by atoms with van der Waals surface area (Å²) in [5.41, 5.74) is 0.170. The predicted octanol–water partition coefficient (Wildman–Crippen LogP) is 2.57. The number of benzene rings is 3. The molecule has 3 aromatic carbocycles. The Kier molecular flexibility index (Phi) is 4.57. The molecule has 1 N–H and O–H groups in total. The number of hydrogen-bond acceptors (Lipinski definition) is 5. The van der Waals surface area contributed by atoms with Crippen molar-refractivity contribution in [1.82, 2.24) is 24.9 Å². The highest BCUT2D eigenvalue weighted by Gasteiger charge is 2.17. The second kappa shape index (κ2) is 7.06. The molecule has 0 spiro atoms. The van der Waals surface area contributed by atoms with Crippen molar-refractivity contribution in [2.75, 3.05) is 0 Å². The fraction of sp³-hybridized carbons (Fsp3) is 0.0556. The molecular formula is C18H13F2N5O2S. The molecule has 4 aromatic rings. The Labute approximate surface area is 158 Å². The Morgan fingerprint density at radius 3 is 2.50 bits per heavy atom. The van der Waals surface area contributed by atoms with Gasteiger partial charge in [0.25, 0.3) is 0 Å². The Bertz CT molecular complexity index is 1270. The predicted molar refractivity (Wildman–Crippen MR) is 97.0 cm³/mol. The molecule has 0 bridgehead atoms. The van der Waals surface area contributed by atoms with Gasteiger partial charge in [0.05, 0.1) is 17.1 Å². The molecule has 0 unspecified atom stereocenters. The normalized spacial score (nSPS) is 11.8. The highest BCUT2D eigenvalue weighted by atomic mass is 32.2. The molecule has 0 aliphatic rings. The second-order valence-corrected chi connectivity index (χ2v) is 7.71. The zero-order valence-electron chi connectivity index (χ0n) is 14.3. The number of halogens is 2. The Balaban J connectivity index is 1.58. The van der Waals surface area contributed by atoms with Crippen molar-refractivity contribution < 1.29 is 17.2 Å². The van der Waals surface area contributed by atoms with E-state index in [1.807, 2.05) is 24.3 Å². The van der Waals surface area contributed by atoms with Gasteiger partial charge in [-0.15, -0.1) is 5.10 Å². The molecule has 7 nitrogen and oxygen atoms in total. The van der Waals surface area contributed by atoms with E-state index >= 15 is 0 Å². The summed E-state index contributed by atoms with van der Waals surface area (Å²) in [4.78, 5) is 0.0954. The van der Waals surface area contributed by atoms with Crippen molar-refractivity contribution in [3.8, 4) is 5.69 Å². The van der Waals surface area contributed by atoms with Gasteiger partial charge in [-0.3, -0.25) is 0 Å². The number of nitrogens with one attached hydrogen (secondary N) is 1. The average Bonchev–Trinajstić information content (AvgIpc) is 3.17. The number of tetrazole rings is 1. The van der Waals surface area contributed by atoms with Crippen LogP contribution < -0.4 is 4.72 Å². The molecular weight excluding hydrogens is 388 g/mol. The third-order valence-electron chi connectivity index (χ3n) is 4.13. The first kappa shape index (κ1) is 18.1. The summed E-state index contributed by atoms with van der Waals surface area (Å²) in [6.07, 6.45) is 0. The summed E-state index contributed by atoms with van der Waals surface area (Å²) in [6, 6.07) is 15.3. The Morgan fingerprint density at radius 2 is 1.71 bits per heavy atom. The van der Waals surface area contributed by atoms with Crippen molar-refractivity contribution in [3.05, 3.63) is 78.1 Å². The highest BCUT2D eigenvalue weighted by molar-refractivity contribution is 7.89. The minimum atomic E-state index is -3.83. The van der Waals surface area contributed by atoms with Gasteiger partial charge in [-0.25, -0.2) is 21.9 Å². The number of fused-ring (bicyclic) bond motifs is 1. The van der Waals surface area contributed by atoms with Crippen LogP contribution in [0.1, 0.15) is 5.82 Å². The molecule has 142 valence electrons. The van der Waals surface area contributed by atoms with Crippen LogP contribution in [0.4, 0.5) is 8.78 Å². The number of hydrogen-bond donors (Lipinski definition) is 1. The van der Waals surface area contributed by atoms with E-state index in [-0.39, 0.29) is 23.0 Å². The van der Waals surface area contributed by atoms with E-state index in [0.29, 0.717) is 0 Å². The van der Waals surface area contributed by atoms with Crippen LogP contribution in [-0.2, 0) is 16.6 Å².